The molecular formula is C28H40N4O3. The summed E-state index contributed by atoms with van der Waals surface area (Å²) in [7, 11) is 1.68. The van der Waals surface area contributed by atoms with Crippen LogP contribution in [0.4, 0.5) is 0 Å². The van der Waals surface area contributed by atoms with E-state index in [9.17, 15) is 9.59 Å². The van der Waals surface area contributed by atoms with Crippen molar-refractivity contribution in [2.45, 2.75) is 52.2 Å². The highest BCUT2D eigenvalue weighted by molar-refractivity contribution is 5.97. The molecule has 1 aliphatic heterocycles. The van der Waals surface area contributed by atoms with Crippen LogP contribution >= 0.6 is 0 Å². The van der Waals surface area contributed by atoms with Crippen LogP contribution in [0.3, 0.4) is 0 Å². The van der Waals surface area contributed by atoms with Gasteiger partial charge in [0.15, 0.2) is 0 Å². The summed E-state index contributed by atoms with van der Waals surface area (Å²) in [4.78, 5) is 30.8. The monoisotopic (exact) mass is 480 g/mol. The molecule has 3 N–H and O–H groups in total. The van der Waals surface area contributed by atoms with Gasteiger partial charge in [0, 0.05) is 44.3 Å². The average Bonchev–Trinajstić information content (AvgIpc) is 2.86. The van der Waals surface area contributed by atoms with Gasteiger partial charge in [0.25, 0.3) is 5.91 Å². The zero-order valence-electron chi connectivity index (χ0n) is 21.5. The van der Waals surface area contributed by atoms with E-state index in [1.165, 1.54) is 5.56 Å². The number of likely N-dealkylation sites (tertiary alicyclic amines) is 1. The van der Waals surface area contributed by atoms with E-state index >= 15 is 0 Å². The molecule has 2 atom stereocenters. The number of rotatable bonds is 10. The molecule has 0 bridgehead atoms. The Balaban J connectivity index is 1.83. The lowest BCUT2D eigenvalue weighted by Gasteiger charge is -2.43. The molecule has 0 spiro atoms. The molecule has 0 aromatic heterocycles. The molecule has 2 aromatic carbocycles. The topological polar surface area (TPSA) is 87.9 Å². The highest BCUT2D eigenvalue weighted by Crippen LogP contribution is 2.27. The lowest BCUT2D eigenvalue weighted by atomic mass is 9.93. The highest BCUT2D eigenvalue weighted by Gasteiger charge is 2.38. The Morgan fingerprint density at radius 3 is 2.60 bits per heavy atom. The molecule has 1 fully saturated rings. The molecule has 1 heterocycles. The SMILES string of the molecule is COc1cccc(CN(CC(C)C)C2CCN(C(=O)c3ccc(C)cc3)[C@@H](C(=O)NCCN)C2)c1. The first-order valence-corrected chi connectivity index (χ1v) is 12.5. The summed E-state index contributed by atoms with van der Waals surface area (Å²) >= 11 is 0. The van der Waals surface area contributed by atoms with Gasteiger partial charge in [-0.05, 0) is 55.5 Å². The van der Waals surface area contributed by atoms with E-state index in [-0.39, 0.29) is 17.9 Å². The average molecular weight is 481 g/mol. The summed E-state index contributed by atoms with van der Waals surface area (Å²) in [6.45, 7) is 9.38. The van der Waals surface area contributed by atoms with E-state index in [0.717, 1.165) is 30.8 Å². The van der Waals surface area contributed by atoms with Crippen molar-refractivity contribution in [3.05, 3.63) is 65.2 Å². The molecule has 1 saturated heterocycles. The molecule has 0 saturated carbocycles. The van der Waals surface area contributed by atoms with Gasteiger partial charge in [-0.25, -0.2) is 0 Å². The van der Waals surface area contributed by atoms with E-state index in [0.29, 0.717) is 37.5 Å². The molecule has 190 valence electrons. The largest absolute Gasteiger partial charge is 0.497 e. The number of nitrogens with zero attached hydrogens (tertiary/aromatic N) is 2. The third-order valence-corrected chi connectivity index (χ3v) is 6.52. The Labute approximate surface area is 209 Å². The van der Waals surface area contributed by atoms with Crippen molar-refractivity contribution in [1.82, 2.24) is 15.1 Å². The van der Waals surface area contributed by atoms with Crippen LogP contribution in [0.1, 0.15) is 48.2 Å². The molecule has 1 aliphatic rings. The Bertz CT molecular complexity index is 976. The maximum atomic E-state index is 13.4. The molecule has 3 rings (SSSR count). The standard InChI is InChI=1S/C28H40N4O3/c1-20(2)18-31(19-22-6-5-7-25(16-22)35-4)24-12-15-32(26(17-24)27(33)30-14-13-29)28(34)23-10-8-21(3)9-11-23/h5-11,16,20,24,26H,12-15,17-19,29H2,1-4H3,(H,30,33)/t24?,26-/m1/s1. The number of aryl methyl sites for hydroxylation is 1. The minimum absolute atomic E-state index is 0.0976. The number of nitrogens with one attached hydrogen (secondary N) is 1. The highest BCUT2D eigenvalue weighted by atomic mass is 16.5. The number of carbonyl (C=O) groups excluding carboxylic acids is 2. The second kappa shape index (κ2) is 12.7. The molecule has 1 unspecified atom stereocenters. The fourth-order valence-electron chi connectivity index (χ4n) is 4.76. The van der Waals surface area contributed by atoms with Crippen LogP contribution < -0.4 is 15.8 Å². The van der Waals surface area contributed by atoms with Gasteiger partial charge in [-0.3, -0.25) is 14.5 Å². The van der Waals surface area contributed by atoms with Gasteiger partial charge in [0.05, 0.1) is 7.11 Å². The van der Waals surface area contributed by atoms with E-state index in [4.69, 9.17) is 10.5 Å². The Kier molecular flexibility index (Phi) is 9.69. The first-order valence-electron chi connectivity index (χ1n) is 12.5. The van der Waals surface area contributed by atoms with E-state index in [1.54, 1.807) is 12.0 Å². The lowest BCUT2D eigenvalue weighted by Crippen LogP contribution is -2.57. The molecule has 35 heavy (non-hydrogen) atoms. The minimum atomic E-state index is -0.533. The molecule has 0 radical (unpaired) electrons. The first-order chi connectivity index (χ1) is 16.8. The maximum absolute atomic E-state index is 13.4. The predicted molar refractivity (Wildman–Crippen MR) is 139 cm³/mol. The van der Waals surface area contributed by atoms with E-state index in [1.807, 2.05) is 43.3 Å². The van der Waals surface area contributed by atoms with Crippen LogP contribution in [0.15, 0.2) is 48.5 Å². The number of nitrogens with two attached hydrogens (primary N) is 1. The number of ether oxygens (including phenoxy) is 1. The van der Waals surface area contributed by atoms with Crippen molar-refractivity contribution in [3.63, 3.8) is 0 Å². The van der Waals surface area contributed by atoms with Crippen LogP contribution in [0.5, 0.6) is 5.75 Å². The van der Waals surface area contributed by atoms with Crippen LogP contribution in [-0.4, -0.2) is 67.0 Å². The number of hydrogen-bond donors (Lipinski definition) is 2. The molecule has 7 heteroatoms. The Morgan fingerprint density at radius 2 is 1.94 bits per heavy atom. The summed E-state index contributed by atoms with van der Waals surface area (Å²) in [5.41, 5.74) is 8.51. The second-order valence-corrected chi connectivity index (χ2v) is 9.81. The zero-order chi connectivity index (χ0) is 25.4. The van der Waals surface area contributed by atoms with E-state index in [2.05, 4.69) is 36.2 Å². The van der Waals surface area contributed by atoms with Crippen LogP contribution in [-0.2, 0) is 11.3 Å². The predicted octanol–water partition coefficient (Wildman–Crippen LogP) is 3.21. The van der Waals surface area contributed by atoms with Crippen molar-refractivity contribution >= 4 is 11.8 Å². The third-order valence-electron chi connectivity index (χ3n) is 6.52. The fraction of sp³-hybridized carbons (Fsp3) is 0.500. The number of piperidine rings is 1. The molecule has 0 aliphatic carbocycles. The normalized spacial score (nSPS) is 18.1. The number of methoxy groups -OCH3 is 1. The molecule has 7 nitrogen and oxygen atoms in total. The van der Waals surface area contributed by atoms with Gasteiger partial charge in [0.1, 0.15) is 11.8 Å². The van der Waals surface area contributed by atoms with Gasteiger partial charge >= 0.3 is 0 Å². The van der Waals surface area contributed by atoms with Crippen molar-refractivity contribution < 1.29 is 14.3 Å². The number of carbonyl (C=O) groups is 2. The van der Waals surface area contributed by atoms with Gasteiger partial charge in [-0.2, -0.15) is 0 Å². The van der Waals surface area contributed by atoms with Gasteiger partial charge in [-0.15, -0.1) is 0 Å². The smallest absolute Gasteiger partial charge is 0.254 e. The van der Waals surface area contributed by atoms with Crippen molar-refractivity contribution in [2.75, 3.05) is 33.3 Å². The summed E-state index contributed by atoms with van der Waals surface area (Å²) in [6.07, 6.45) is 1.40. The Hall–Kier alpha value is -2.90. The first kappa shape index (κ1) is 26.7. The summed E-state index contributed by atoms with van der Waals surface area (Å²) < 4.78 is 5.41. The van der Waals surface area contributed by atoms with E-state index < -0.39 is 6.04 Å². The number of benzene rings is 2. The van der Waals surface area contributed by atoms with Gasteiger partial charge in [0.2, 0.25) is 5.91 Å². The fourth-order valence-corrected chi connectivity index (χ4v) is 4.76. The summed E-state index contributed by atoms with van der Waals surface area (Å²) in [5.74, 6) is 1.08. The van der Waals surface area contributed by atoms with Crippen LogP contribution in [0.25, 0.3) is 0 Å². The zero-order valence-corrected chi connectivity index (χ0v) is 21.5. The lowest BCUT2D eigenvalue weighted by molar-refractivity contribution is -0.127. The minimum Gasteiger partial charge on any atom is -0.497 e. The summed E-state index contributed by atoms with van der Waals surface area (Å²) in [6, 6.07) is 15.3. The van der Waals surface area contributed by atoms with Crippen LogP contribution in [0, 0.1) is 12.8 Å². The molecular weight excluding hydrogens is 440 g/mol. The van der Waals surface area contributed by atoms with Crippen molar-refractivity contribution in [1.29, 1.82) is 0 Å². The molecule has 2 aromatic rings. The second-order valence-electron chi connectivity index (χ2n) is 9.81. The maximum Gasteiger partial charge on any atom is 0.254 e. The number of hydrogen-bond acceptors (Lipinski definition) is 5. The Morgan fingerprint density at radius 1 is 1.20 bits per heavy atom. The van der Waals surface area contributed by atoms with Crippen LogP contribution in [0.2, 0.25) is 0 Å². The number of amides is 2. The molecule has 2 amide bonds. The van der Waals surface area contributed by atoms with Gasteiger partial charge < -0.3 is 20.7 Å². The van der Waals surface area contributed by atoms with Gasteiger partial charge in [-0.1, -0.05) is 43.7 Å². The van der Waals surface area contributed by atoms with Crippen molar-refractivity contribution in [3.8, 4) is 5.75 Å². The quantitative estimate of drug-likeness (QED) is 0.545. The summed E-state index contributed by atoms with van der Waals surface area (Å²) in [5, 5.41) is 2.92. The third kappa shape index (κ3) is 7.29. The van der Waals surface area contributed by atoms with Crippen molar-refractivity contribution in [2.24, 2.45) is 11.7 Å².